The Morgan fingerprint density at radius 1 is 1.38 bits per heavy atom. The number of carbonyl (C=O) groups excluding carboxylic acids is 1. The third-order valence-electron chi connectivity index (χ3n) is 4.91. The van der Waals surface area contributed by atoms with Crippen LogP contribution >= 0.6 is 0 Å². The first-order valence-electron chi connectivity index (χ1n) is 8.01. The fourth-order valence-electron chi connectivity index (χ4n) is 3.46. The molecule has 0 bridgehead atoms. The van der Waals surface area contributed by atoms with Gasteiger partial charge in [-0.05, 0) is 37.3 Å². The quantitative estimate of drug-likeness (QED) is 0.638. The van der Waals surface area contributed by atoms with Crippen LogP contribution in [0.2, 0.25) is 0 Å². The lowest BCUT2D eigenvalue weighted by Crippen LogP contribution is -2.61. The molecule has 1 heterocycles. The smallest absolute Gasteiger partial charge is 0.362 e. The van der Waals surface area contributed by atoms with Crippen LogP contribution in [0.3, 0.4) is 0 Å². The minimum atomic E-state index is -5.10. The van der Waals surface area contributed by atoms with Crippen molar-refractivity contribution in [3.8, 4) is 0 Å². The Morgan fingerprint density at radius 3 is 2.54 bits per heavy atom. The lowest BCUT2D eigenvalue weighted by atomic mass is 9.76. The molecule has 26 heavy (non-hydrogen) atoms. The van der Waals surface area contributed by atoms with Crippen LogP contribution in [0, 0.1) is 22.0 Å². The van der Waals surface area contributed by atoms with Gasteiger partial charge in [-0.2, -0.15) is 23.3 Å². The number of nitrogens with zero attached hydrogens (tertiary/aromatic N) is 3. The molecule has 0 radical (unpaired) electrons. The van der Waals surface area contributed by atoms with Crippen molar-refractivity contribution in [2.45, 2.75) is 38.1 Å². The molecule has 1 saturated carbocycles. The largest absolute Gasteiger partial charge is 0.439 e. The van der Waals surface area contributed by atoms with Crippen molar-refractivity contribution in [2.24, 2.45) is 16.9 Å². The van der Waals surface area contributed by atoms with Gasteiger partial charge in [-0.1, -0.05) is 6.92 Å². The topological polar surface area (TPSA) is 96.0 Å². The Hall–Kier alpha value is -2.49. The first kappa shape index (κ1) is 18.3. The number of alkyl halides is 3. The fourth-order valence-corrected chi connectivity index (χ4v) is 3.46. The van der Waals surface area contributed by atoms with E-state index in [0.717, 1.165) is 24.3 Å². The molecule has 1 amide bonds. The SMILES string of the molecule is C[C@@H]1CCC2=NN(C(=O)c3ccc([N+](=O)[O-])cc3)[C@](O)(C(F)(F)F)[C@@H]2C1. The number of hydrogen-bond donors (Lipinski definition) is 1. The zero-order valence-electron chi connectivity index (χ0n) is 13.7. The molecular formula is C16H16F3N3O4. The van der Waals surface area contributed by atoms with E-state index in [0.29, 0.717) is 6.42 Å². The van der Waals surface area contributed by atoms with Crippen molar-refractivity contribution in [3.05, 3.63) is 39.9 Å². The molecule has 1 aromatic carbocycles. The normalized spacial score (nSPS) is 28.5. The van der Waals surface area contributed by atoms with Crippen LogP contribution in [0.5, 0.6) is 0 Å². The van der Waals surface area contributed by atoms with E-state index in [1.54, 1.807) is 6.92 Å². The summed E-state index contributed by atoms with van der Waals surface area (Å²) in [4.78, 5) is 22.6. The number of aliphatic hydroxyl groups is 1. The standard InChI is InChI=1S/C16H16F3N3O4/c1-9-2-7-13-12(8-9)15(24,16(17,18)19)21(20-13)14(23)10-3-5-11(6-4-10)22(25)26/h3-6,9,12,24H,2,7-8H2,1H3/t9-,12-,15-/m1/s1. The first-order valence-corrected chi connectivity index (χ1v) is 8.01. The van der Waals surface area contributed by atoms with Gasteiger partial charge in [0.25, 0.3) is 17.3 Å². The van der Waals surface area contributed by atoms with E-state index >= 15 is 0 Å². The fraction of sp³-hybridized carbons (Fsp3) is 0.500. The number of rotatable bonds is 2. The van der Waals surface area contributed by atoms with Crippen LogP contribution in [0.4, 0.5) is 18.9 Å². The van der Waals surface area contributed by atoms with Gasteiger partial charge in [-0.15, -0.1) is 0 Å². The summed E-state index contributed by atoms with van der Waals surface area (Å²) < 4.78 is 41.2. The first-order chi connectivity index (χ1) is 12.1. The van der Waals surface area contributed by atoms with Gasteiger partial charge in [-0.25, -0.2) is 0 Å². The highest BCUT2D eigenvalue weighted by atomic mass is 19.4. The van der Waals surface area contributed by atoms with Gasteiger partial charge in [0.05, 0.1) is 10.8 Å². The van der Waals surface area contributed by atoms with Crippen molar-refractivity contribution in [1.29, 1.82) is 0 Å². The molecular weight excluding hydrogens is 355 g/mol. The zero-order chi connectivity index (χ0) is 19.3. The number of benzene rings is 1. The summed E-state index contributed by atoms with van der Waals surface area (Å²) in [5.74, 6) is -2.51. The van der Waals surface area contributed by atoms with E-state index in [-0.39, 0.29) is 40.7 Å². The summed E-state index contributed by atoms with van der Waals surface area (Å²) in [5, 5.41) is 25.1. The number of hydrazone groups is 1. The Balaban J connectivity index is 2.00. The molecule has 1 aliphatic heterocycles. The number of non-ortho nitro benzene ring substituents is 1. The van der Waals surface area contributed by atoms with E-state index < -0.39 is 28.6 Å². The number of halogens is 3. The van der Waals surface area contributed by atoms with Crippen LogP contribution in [-0.4, -0.2) is 38.6 Å². The zero-order valence-corrected chi connectivity index (χ0v) is 13.7. The number of nitro benzene ring substituents is 1. The summed E-state index contributed by atoms with van der Waals surface area (Å²) >= 11 is 0. The third kappa shape index (κ3) is 2.74. The summed E-state index contributed by atoms with van der Waals surface area (Å²) in [5.41, 5.74) is -3.80. The molecule has 0 spiro atoms. The van der Waals surface area contributed by atoms with E-state index in [9.17, 15) is 33.2 Å². The second-order valence-corrected chi connectivity index (χ2v) is 6.67. The van der Waals surface area contributed by atoms with Gasteiger partial charge in [0.2, 0.25) is 0 Å². The maximum Gasteiger partial charge on any atom is 0.439 e. The monoisotopic (exact) mass is 371 g/mol. The van der Waals surface area contributed by atoms with Crippen LogP contribution in [0.25, 0.3) is 0 Å². The number of fused-ring (bicyclic) bond motifs is 1. The highest BCUT2D eigenvalue weighted by molar-refractivity contribution is 5.99. The van der Waals surface area contributed by atoms with Gasteiger partial charge in [0, 0.05) is 23.4 Å². The highest BCUT2D eigenvalue weighted by Gasteiger charge is 2.68. The second kappa shape index (κ2) is 6.04. The van der Waals surface area contributed by atoms with E-state index in [2.05, 4.69) is 5.10 Å². The average Bonchev–Trinajstić information content (AvgIpc) is 2.88. The molecule has 2 aliphatic rings. The van der Waals surface area contributed by atoms with Gasteiger partial charge in [0.15, 0.2) is 0 Å². The molecule has 1 fully saturated rings. The van der Waals surface area contributed by atoms with Crippen LogP contribution in [-0.2, 0) is 0 Å². The van der Waals surface area contributed by atoms with Crippen LogP contribution in [0.15, 0.2) is 29.4 Å². The Bertz CT molecular complexity index is 778. The Morgan fingerprint density at radius 2 is 2.00 bits per heavy atom. The molecule has 0 unspecified atom stereocenters. The molecule has 140 valence electrons. The summed E-state index contributed by atoms with van der Waals surface area (Å²) in [7, 11) is 0. The summed E-state index contributed by atoms with van der Waals surface area (Å²) in [6.07, 6.45) is -4.13. The number of carbonyl (C=O) groups is 1. The average molecular weight is 371 g/mol. The molecule has 7 nitrogen and oxygen atoms in total. The van der Waals surface area contributed by atoms with Crippen LogP contribution < -0.4 is 0 Å². The predicted octanol–water partition coefficient (Wildman–Crippen LogP) is 3.09. The summed E-state index contributed by atoms with van der Waals surface area (Å²) in [6, 6.07) is 4.11. The highest BCUT2D eigenvalue weighted by Crippen LogP contribution is 2.49. The molecule has 1 aliphatic carbocycles. The van der Waals surface area contributed by atoms with E-state index in [4.69, 9.17) is 0 Å². The van der Waals surface area contributed by atoms with Crippen molar-refractivity contribution in [3.63, 3.8) is 0 Å². The van der Waals surface area contributed by atoms with E-state index in [1.807, 2.05) is 0 Å². The minimum absolute atomic E-state index is 0.0396. The van der Waals surface area contributed by atoms with Crippen molar-refractivity contribution >= 4 is 17.3 Å². The predicted molar refractivity (Wildman–Crippen MR) is 84.2 cm³/mol. The molecule has 3 atom stereocenters. The van der Waals surface area contributed by atoms with Crippen LogP contribution in [0.1, 0.15) is 36.5 Å². The molecule has 1 N–H and O–H groups in total. The Kier molecular flexibility index (Phi) is 4.26. The number of amides is 1. The van der Waals surface area contributed by atoms with Gasteiger partial charge in [-0.3, -0.25) is 14.9 Å². The number of nitro groups is 1. The van der Waals surface area contributed by atoms with E-state index in [1.165, 1.54) is 0 Å². The van der Waals surface area contributed by atoms with Gasteiger partial charge in [0.1, 0.15) is 0 Å². The number of hydrogen-bond acceptors (Lipinski definition) is 5. The van der Waals surface area contributed by atoms with Crippen molar-refractivity contribution in [2.75, 3.05) is 0 Å². The molecule has 1 aromatic rings. The van der Waals surface area contributed by atoms with Crippen molar-refractivity contribution in [1.82, 2.24) is 5.01 Å². The molecule has 0 saturated heterocycles. The second-order valence-electron chi connectivity index (χ2n) is 6.67. The molecule has 0 aromatic heterocycles. The maximum atomic E-state index is 13.7. The van der Waals surface area contributed by atoms with Gasteiger partial charge < -0.3 is 5.11 Å². The lowest BCUT2D eigenvalue weighted by molar-refractivity contribution is -0.384. The third-order valence-corrected chi connectivity index (χ3v) is 4.91. The maximum absolute atomic E-state index is 13.7. The summed E-state index contributed by atoms with van der Waals surface area (Å²) in [6.45, 7) is 1.79. The molecule has 10 heteroatoms. The molecule has 3 rings (SSSR count). The lowest BCUT2D eigenvalue weighted by Gasteiger charge is -2.39. The Labute approximate surface area is 146 Å². The van der Waals surface area contributed by atoms with Crippen molar-refractivity contribution < 1.29 is 28.0 Å². The minimum Gasteiger partial charge on any atom is -0.362 e. The van der Waals surface area contributed by atoms with Gasteiger partial charge >= 0.3 is 6.18 Å².